The van der Waals surface area contributed by atoms with E-state index < -0.39 is 0 Å². The summed E-state index contributed by atoms with van der Waals surface area (Å²) in [4.78, 5) is 14.2. The monoisotopic (exact) mass is 375 g/mol. The Morgan fingerprint density at radius 3 is 1.61 bits per heavy atom. The van der Waals surface area contributed by atoms with Crippen LogP contribution in [0.1, 0.15) is 58.6 Å². The van der Waals surface area contributed by atoms with Crippen molar-refractivity contribution in [3.63, 3.8) is 0 Å². The Balaban J connectivity index is 0.00000136. The summed E-state index contributed by atoms with van der Waals surface area (Å²) >= 11 is 0. The van der Waals surface area contributed by atoms with Crippen LogP contribution in [0, 0.1) is 55.4 Å². The second kappa shape index (κ2) is 8.64. The molecule has 3 aromatic rings. The van der Waals surface area contributed by atoms with Crippen molar-refractivity contribution in [1.29, 1.82) is 0 Å². The zero-order chi connectivity index (χ0) is 21.2. The highest BCUT2D eigenvalue weighted by Crippen LogP contribution is 2.33. The van der Waals surface area contributed by atoms with Gasteiger partial charge < -0.3 is 0 Å². The third kappa shape index (κ3) is 3.99. The van der Waals surface area contributed by atoms with Crippen molar-refractivity contribution in [2.75, 3.05) is 0 Å². The highest BCUT2D eigenvalue weighted by Gasteiger charge is 2.18. The number of hydrogen-bond donors (Lipinski definition) is 0. The van der Waals surface area contributed by atoms with Gasteiger partial charge in [-0.15, -0.1) is 0 Å². The standard InChI is InChI=1S/C23H27N3.C2H6/c1-12-9-10-20(13(2)11-12)22-24-19(8)25-23(26-22)21-17(6)15(4)14(3)16(5)18(21)7;1-2/h9-11H,1-8H3;1-2H3. The summed E-state index contributed by atoms with van der Waals surface area (Å²) in [6, 6.07) is 6.39. The van der Waals surface area contributed by atoms with E-state index in [1.54, 1.807) is 0 Å². The molecule has 0 saturated heterocycles. The lowest BCUT2D eigenvalue weighted by atomic mass is 9.89. The van der Waals surface area contributed by atoms with E-state index in [9.17, 15) is 0 Å². The number of aryl methyl sites for hydroxylation is 3. The molecular formula is C25H33N3. The molecule has 2 aromatic carbocycles. The highest BCUT2D eigenvalue weighted by atomic mass is 15.0. The van der Waals surface area contributed by atoms with Crippen molar-refractivity contribution >= 4 is 0 Å². The lowest BCUT2D eigenvalue weighted by molar-refractivity contribution is 0.983. The third-order valence-corrected chi connectivity index (χ3v) is 5.59. The fourth-order valence-corrected chi connectivity index (χ4v) is 3.61. The molecule has 0 radical (unpaired) electrons. The molecule has 0 spiro atoms. The summed E-state index contributed by atoms with van der Waals surface area (Å²) in [5.74, 6) is 2.27. The molecular weight excluding hydrogens is 342 g/mol. The molecule has 28 heavy (non-hydrogen) atoms. The number of nitrogens with zero attached hydrogens (tertiary/aromatic N) is 3. The molecule has 3 nitrogen and oxygen atoms in total. The molecule has 148 valence electrons. The van der Waals surface area contributed by atoms with E-state index in [0.29, 0.717) is 0 Å². The Labute approximate surface area is 170 Å². The second-order valence-electron chi connectivity index (χ2n) is 7.35. The first-order valence-electron chi connectivity index (χ1n) is 10.1. The van der Waals surface area contributed by atoms with Crippen LogP contribution in [0.25, 0.3) is 22.8 Å². The minimum absolute atomic E-state index is 0.750. The van der Waals surface area contributed by atoms with Gasteiger partial charge in [-0.05, 0) is 88.8 Å². The summed E-state index contributed by atoms with van der Waals surface area (Å²) in [7, 11) is 0. The quantitative estimate of drug-likeness (QED) is 0.500. The van der Waals surface area contributed by atoms with Crippen molar-refractivity contribution in [1.82, 2.24) is 15.0 Å². The van der Waals surface area contributed by atoms with Crippen molar-refractivity contribution in [3.05, 3.63) is 63.0 Å². The lowest BCUT2D eigenvalue weighted by Gasteiger charge is -2.18. The van der Waals surface area contributed by atoms with Crippen LogP contribution < -0.4 is 0 Å². The lowest BCUT2D eigenvalue weighted by Crippen LogP contribution is -2.05. The van der Waals surface area contributed by atoms with Gasteiger partial charge in [-0.3, -0.25) is 0 Å². The summed E-state index contributed by atoms with van der Waals surface area (Å²) in [6.07, 6.45) is 0. The minimum atomic E-state index is 0.750. The van der Waals surface area contributed by atoms with Gasteiger partial charge in [-0.1, -0.05) is 37.6 Å². The van der Waals surface area contributed by atoms with Crippen molar-refractivity contribution < 1.29 is 0 Å². The summed E-state index contributed by atoms with van der Waals surface area (Å²) in [5.41, 5.74) is 11.1. The van der Waals surface area contributed by atoms with E-state index >= 15 is 0 Å². The first kappa shape index (κ1) is 21.7. The maximum atomic E-state index is 4.88. The Hall–Kier alpha value is -2.55. The Morgan fingerprint density at radius 2 is 1.07 bits per heavy atom. The molecule has 0 aliphatic carbocycles. The predicted molar refractivity (Wildman–Crippen MR) is 120 cm³/mol. The number of hydrogen-bond acceptors (Lipinski definition) is 3. The fraction of sp³-hybridized carbons (Fsp3) is 0.400. The maximum absolute atomic E-state index is 4.88. The minimum Gasteiger partial charge on any atom is -0.213 e. The van der Waals surface area contributed by atoms with Crippen molar-refractivity contribution in [2.45, 2.75) is 69.2 Å². The topological polar surface area (TPSA) is 38.7 Å². The van der Waals surface area contributed by atoms with Crippen LogP contribution in [0.4, 0.5) is 0 Å². The predicted octanol–water partition coefficient (Wildman–Crippen LogP) is 6.70. The Bertz CT molecular complexity index is 988. The molecule has 0 fully saturated rings. The van der Waals surface area contributed by atoms with E-state index in [2.05, 4.69) is 76.6 Å². The second-order valence-corrected chi connectivity index (χ2v) is 7.35. The van der Waals surface area contributed by atoms with Gasteiger partial charge in [0.15, 0.2) is 11.6 Å². The molecule has 0 aliphatic heterocycles. The molecule has 0 amide bonds. The van der Waals surface area contributed by atoms with E-state index in [1.807, 2.05) is 20.8 Å². The van der Waals surface area contributed by atoms with Crippen molar-refractivity contribution in [3.8, 4) is 22.8 Å². The first-order chi connectivity index (χ1) is 13.2. The summed E-state index contributed by atoms with van der Waals surface area (Å²) in [6.45, 7) is 21.0. The summed E-state index contributed by atoms with van der Waals surface area (Å²) in [5, 5.41) is 0. The maximum Gasteiger partial charge on any atom is 0.164 e. The van der Waals surface area contributed by atoms with E-state index in [-0.39, 0.29) is 0 Å². The van der Waals surface area contributed by atoms with Crippen LogP contribution in [0.15, 0.2) is 18.2 Å². The summed E-state index contributed by atoms with van der Waals surface area (Å²) < 4.78 is 0. The zero-order valence-electron chi connectivity index (χ0n) is 19.1. The van der Waals surface area contributed by atoms with Crippen LogP contribution in [-0.4, -0.2) is 15.0 Å². The van der Waals surface area contributed by atoms with Gasteiger partial charge in [0.2, 0.25) is 0 Å². The molecule has 3 heteroatoms. The molecule has 0 aliphatic rings. The Kier molecular flexibility index (Phi) is 6.71. The van der Waals surface area contributed by atoms with Crippen LogP contribution >= 0.6 is 0 Å². The molecule has 1 heterocycles. The molecule has 1 aromatic heterocycles. The van der Waals surface area contributed by atoms with E-state index in [1.165, 1.54) is 38.9 Å². The van der Waals surface area contributed by atoms with Gasteiger partial charge in [-0.25, -0.2) is 15.0 Å². The van der Waals surface area contributed by atoms with Crippen LogP contribution in [-0.2, 0) is 0 Å². The van der Waals surface area contributed by atoms with Gasteiger partial charge in [0, 0.05) is 11.1 Å². The van der Waals surface area contributed by atoms with Crippen LogP contribution in [0.3, 0.4) is 0 Å². The molecule has 0 unspecified atom stereocenters. The highest BCUT2D eigenvalue weighted by molar-refractivity contribution is 5.71. The van der Waals surface area contributed by atoms with Crippen molar-refractivity contribution in [2.24, 2.45) is 0 Å². The number of aromatic nitrogens is 3. The molecule has 0 N–H and O–H groups in total. The normalized spacial score (nSPS) is 10.5. The van der Waals surface area contributed by atoms with Crippen LogP contribution in [0.5, 0.6) is 0 Å². The van der Waals surface area contributed by atoms with Gasteiger partial charge in [0.25, 0.3) is 0 Å². The van der Waals surface area contributed by atoms with Gasteiger partial charge >= 0.3 is 0 Å². The van der Waals surface area contributed by atoms with Gasteiger partial charge in [0.1, 0.15) is 5.82 Å². The zero-order valence-corrected chi connectivity index (χ0v) is 19.1. The van der Waals surface area contributed by atoms with Crippen LogP contribution in [0.2, 0.25) is 0 Å². The van der Waals surface area contributed by atoms with E-state index in [0.717, 1.165) is 28.6 Å². The molecule has 0 saturated carbocycles. The number of benzene rings is 2. The largest absolute Gasteiger partial charge is 0.213 e. The first-order valence-corrected chi connectivity index (χ1v) is 10.1. The number of rotatable bonds is 2. The smallest absolute Gasteiger partial charge is 0.164 e. The average molecular weight is 376 g/mol. The SMILES string of the molecule is CC.Cc1ccc(-c2nc(C)nc(-c3c(C)c(C)c(C)c(C)c3C)n2)c(C)c1. The third-order valence-electron chi connectivity index (χ3n) is 5.59. The van der Waals surface area contributed by atoms with Gasteiger partial charge in [-0.2, -0.15) is 0 Å². The fourth-order valence-electron chi connectivity index (χ4n) is 3.61. The van der Waals surface area contributed by atoms with E-state index in [4.69, 9.17) is 4.98 Å². The Morgan fingerprint density at radius 1 is 0.571 bits per heavy atom. The molecule has 0 bridgehead atoms. The average Bonchev–Trinajstić information content (AvgIpc) is 2.66. The van der Waals surface area contributed by atoms with Gasteiger partial charge in [0.05, 0.1) is 0 Å². The molecule has 3 rings (SSSR count). The molecule has 0 atom stereocenters.